The largest absolute Gasteiger partial charge is 0.250 e. The molecule has 0 atom stereocenters. The minimum atomic E-state index is 0.596. The summed E-state index contributed by atoms with van der Waals surface area (Å²) in [5.74, 6) is 0.596. The number of hydrogen-bond donors (Lipinski definition) is 0. The van der Waals surface area contributed by atoms with Gasteiger partial charge in [-0.05, 0) is 35.8 Å². The van der Waals surface area contributed by atoms with Crippen LogP contribution in [0.3, 0.4) is 0 Å². The number of rotatable bonds is 1. The van der Waals surface area contributed by atoms with Crippen LogP contribution in [-0.2, 0) is 0 Å². The Morgan fingerprint density at radius 1 is 1.21 bits per heavy atom. The van der Waals surface area contributed by atoms with E-state index in [0.29, 0.717) is 5.95 Å². The van der Waals surface area contributed by atoms with Gasteiger partial charge in [0.1, 0.15) is 0 Å². The summed E-state index contributed by atoms with van der Waals surface area (Å²) in [5.41, 5.74) is 2.00. The monoisotopic (exact) mass is 252 g/mol. The molecule has 2 heterocycles. The van der Waals surface area contributed by atoms with Crippen LogP contribution in [0.2, 0.25) is 0 Å². The normalized spacial score (nSPS) is 10.5. The highest BCUT2D eigenvalue weighted by Crippen LogP contribution is 2.09. The molecular formula is C9H9BrN4. The van der Waals surface area contributed by atoms with Crippen LogP contribution < -0.4 is 0 Å². The standard InChI is InChI=1S/C9H9BrN4/c1-6-3-7(2)14(13-6)9-11-4-8(10)5-12-9/h3-5H,1-2H3. The Hall–Kier alpha value is -1.23. The predicted octanol–water partition coefficient (Wildman–Crippen LogP) is 2.04. The molecule has 0 bridgehead atoms. The average Bonchev–Trinajstić information content (AvgIpc) is 2.47. The molecule has 72 valence electrons. The van der Waals surface area contributed by atoms with Crippen LogP contribution in [-0.4, -0.2) is 19.7 Å². The molecule has 2 rings (SSSR count). The number of hydrogen-bond acceptors (Lipinski definition) is 3. The molecule has 2 aromatic rings. The molecule has 4 nitrogen and oxygen atoms in total. The zero-order valence-corrected chi connectivity index (χ0v) is 9.48. The Morgan fingerprint density at radius 3 is 2.36 bits per heavy atom. The molecule has 5 heteroatoms. The van der Waals surface area contributed by atoms with E-state index in [4.69, 9.17) is 0 Å². The third-order valence-electron chi connectivity index (χ3n) is 1.81. The van der Waals surface area contributed by atoms with Gasteiger partial charge in [-0.2, -0.15) is 5.10 Å². The Kier molecular flexibility index (Phi) is 2.33. The quantitative estimate of drug-likeness (QED) is 0.781. The highest BCUT2D eigenvalue weighted by atomic mass is 79.9. The van der Waals surface area contributed by atoms with Crippen molar-refractivity contribution in [3.8, 4) is 5.95 Å². The van der Waals surface area contributed by atoms with Crippen LogP contribution in [0.1, 0.15) is 11.4 Å². The van der Waals surface area contributed by atoms with Crippen molar-refractivity contribution in [3.63, 3.8) is 0 Å². The maximum Gasteiger partial charge on any atom is 0.250 e. The van der Waals surface area contributed by atoms with Gasteiger partial charge in [0.15, 0.2) is 0 Å². The van der Waals surface area contributed by atoms with Crippen LogP contribution >= 0.6 is 15.9 Å². The molecule has 0 N–H and O–H groups in total. The average molecular weight is 253 g/mol. The van der Waals surface area contributed by atoms with Gasteiger partial charge in [0.2, 0.25) is 0 Å². The highest BCUT2D eigenvalue weighted by Gasteiger charge is 2.05. The van der Waals surface area contributed by atoms with Gasteiger partial charge in [-0.25, -0.2) is 14.6 Å². The summed E-state index contributed by atoms with van der Waals surface area (Å²) in [6.07, 6.45) is 3.41. The first kappa shape index (κ1) is 9.33. The molecular weight excluding hydrogens is 244 g/mol. The molecule has 0 spiro atoms. The molecule has 0 fully saturated rings. The third kappa shape index (κ3) is 1.68. The van der Waals surface area contributed by atoms with Gasteiger partial charge in [-0.3, -0.25) is 0 Å². The van der Waals surface area contributed by atoms with Gasteiger partial charge in [-0.1, -0.05) is 0 Å². The summed E-state index contributed by atoms with van der Waals surface area (Å²) >= 11 is 3.29. The summed E-state index contributed by atoms with van der Waals surface area (Å²) in [6.45, 7) is 3.92. The molecule has 0 aromatic carbocycles. The first-order chi connectivity index (χ1) is 6.66. The minimum absolute atomic E-state index is 0.596. The number of aryl methyl sites for hydroxylation is 2. The molecule has 14 heavy (non-hydrogen) atoms. The van der Waals surface area contributed by atoms with E-state index < -0.39 is 0 Å². The second kappa shape index (κ2) is 3.49. The van der Waals surface area contributed by atoms with Gasteiger partial charge in [-0.15, -0.1) is 0 Å². The summed E-state index contributed by atoms with van der Waals surface area (Å²) < 4.78 is 2.59. The van der Waals surface area contributed by atoms with Gasteiger partial charge in [0, 0.05) is 18.1 Å². The molecule has 0 unspecified atom stereocenters. The van der Waals surface area contributed by atoms with E-state index in [2.05, 4.69) is 31.0 Å². The Balaban J connectivity index is 2.49. The number of nitrogens with zero attached hydrogens (tertiary/aromatic N) is 4. The van der Waals surface area contributed by atoms with Gasteiger partial charge in [0.05, 0.1) is 10.2 Å². The molecule has 0 aliphatic heterocycles. The van der Waals surface area contributed by atoms with Crippen molar-refractivity contribution in [1.29, 1.82) is 0 Å². The lowest BCUT2D eigenvalue weighted by atomic mass is 10.4. The summed E-state index contributed by atoms with van der Waals surface area (Å²) in [6, 6.07) is 1.99. The van der Waals surface area contributed by atoms with Crippen LogP contribution in [0.5, 0.6) is 0 Å². The lowest BCUT2D eigenvalue weighted by Gasteiger charge is -2.00. The van der Waals surface area contributed by atoms with E-state index in [1.54, 1.807) is 17.1 Å². The zero-order chi connectivity index (χ0) is 10.1. The molecule has 2 aromatic heterocycles. The van der Waals surface area contributed by atoms with Crippen molar-refractivity contribution in [1.82, 2.24) is 19.7 Å². The van der Waals surface area contributed by atoms with E-state index >= 15 is 0 Å². The van der Waals surface area contributed by atoms with Crippen molar-refractivity contribution in [2.75, 3.05) is 0 Å². The van der Waals surface area contributed by atoms with Crippen molar-refractivity contribution in [2.45, 2.75) is 13.8 Å². The smallest absolute Gasteiger partial charge is 0.218 e. The fourth-order valence-electron chi connectivity index (χ4n) is 1.25. The number of aromatic nitrogens is 4. The molecule has 0 aliphatic rings. The molecule has 0 radical (unpaired) electrons. The van der Waals surface area contributed by atoms with E-state index in [1.165, 1.54) is 0 Å². The molecule has 0 amide bonds. The zero-order valence-electron chi connectivity index (χ0n) is 7.90. The minimum Gasteiger partial charge on any atom is -0.218 e. The molecule has 0 saturated heterocycles. The van der Waals surface area contributed by atoms with Crippen LogP contribution in [0, 0.1) is 13.8 Å². The second-order valence-corrected chi connectivity index (χ2v) is 3.96. The number of halogens is 1. The van der Waals surface area contributed by atoms with Crippen molar-refractivity contribution in [2.24, 2.45) is 0 Å². The van der Waals surface area contributed by atoms with Crippen LogP contribution in [0.4, 0.5) is 0 Å². The summed E-state index contributed by atoms with van der Waals surface area (Å²) in [7, 11) is 0. The Morgan fingerprint density at radius 2 is 1.86 bits per heavy atom. The van der Waals surface area contributed by atoms with Gasteiger partial charge < -0.3 is 0 Å². The van der Waals surface area contributed by atoms with Crippen molar-refractivity contribution < 1.29 is 0 Å². The predicted molar refractivity (Wildman–Crippen MR) is 56.3 cm³/mol. The SMILES string of the molecule is Cc1cc(C)n(-c2ncc(Br)cn2)n1. The van der Waals surface area contributed by atoms with E-state index in [-0.39, 0.29) is 0 Å². The first-order valence-electron chi connectivity index (χ1n) is 4.18. The van der Waals surface area contributed by atoms with Gasteiger partial charge in [0.25, 0.3) is 5.95 Å². The summed E-state index contributed by atoms with van der Waals surface area (Å²) in [4.78, 5) is 8.33. The topological polar surface area (TPSA) is 43.6 Å². The van der Waals surface area contributed by atoms with E-state index in [1.807, 2.05) is 19.9 Å². The third-order valence-corrected chi connectivity index (χ3v) is 2.22. The van der Waals surface area contributed by atoms with Crippen LogP contribution in [0.25, 0.3) is 5.95 Å². The molecule has 0 aliphatic carbocycles. The highest BCUT2D eigenvalue weighted by molar-refractivity contribution is 9.10. The van der Waals surface area contributed by atoms with Crippen LogP contribution in [0.15, 0.2) is 22.9 Å². The Bertz CT molecular complexity index is 446. The Labute approximate surface area is 90.1 Å². The maximum atomic E-state index is 4.29. The second-order valence-electron chi connectivity index (χ2n) is 3.04. The molecule has 0 saturated carbocycles. The fourth-order valence-corrected chi connectivity index (χ4v) is 1.45. The lowest BCUT2D eigenvalue weighted by molar-refractivity contribution is 0.772. The van der Waals surface area contributed by atoms with E-state index in [9.17, 15) is 0 Å². The fraction of sp³-hybridized carbons (Fsp3) is 0.222. The first-order valence-corrected chi connectivity index (χ1v) is 4.97. The lowest BCUT2D eigenvalue weighted by Crippen LogP contribution is -2.04. The van der Waals surface area contributed by atoms with Gasteiger partial charge >= 0.3 is 0 Å². The van der Waals surface area contributed by atoms with Crippen molar-refractivity contribution in [3.05, 3.63) is 34.3 Å². The maximum absolute atomic E-state index is 4.29. The van der Waals surface area contributed by atoms with E-state index in [0.717, 1.165) is 15.9 Å². The summed E-state index contributed by atoms with van der Waals surface area (Å²) in [5, 5.41) is 4.29. The van der Waals surface area contributed by atoms with Crippen molar-refractivity contribution >= 4 is 15.9 Å².